The van der Waals surface area contributed by atoms with Crippen LogP contribution in [0.4, 0.5) is 5.69 Å². The van der Waals surface area contributed by atoms with E-state index < -0.39 is 0 Å². The molecule has 0 atom stereocenters. The minimum absolute atomic E-state index is 0.0181. The van der Waals surface area contributed by atoms with Gasteiger partial charge < -0.3 is 5.73 Å². The molecule has 3 rings (SSSR count). The second kappa shape index (κ2) is 5.27. The standard InChI is InChI=1S/C18H17N3O/c1-18(2)9-16-15(17(22)10-18)7-12(11-21-16)3-4-14-8-13(19)5-6-20-14/h5-8,11H,9-10H2,1-2H3,(H2,19,20). The molecule has 0 radical (unpaired) electrons. The van der Waals surface area contributed by atoms with E-state index in [-0.39, 0.29) is 11.2 Å². The zero-order valence-corrected chi connectivity index (χ0v) is 12.7. The molecule has 110 valence electrons. The molecule has 0 saturated carbocycles. The summed E-state index contributed by atoms with van der Waals surface area (Å²) in [6.45, 7) is 4.18. The molecular formula is C18H17N3O. The summed E-state index contributed by atoms with van der Waals surface area (Å²) in [5.74, 6) is 6.09. The van der Waals surface area contributed by atoms with Crippen molar-refractivity contribution in [3.05, 3.63) is 53.1 Å². The molecule has 2 heterocycles. The summed E-state index contributed by atoms with van der Waals surface area (Å²) < 4.78 is 0. The van der Waals surface area contributed by atoms with E-state index in [4.69, 9.17) is 5.73 Å². The summed E-state index contributed by atoms with van der Waals surface area (Å²) in [5.41, 5.74) is 9.20. The number of nitrogens with zero attached hydrogens (tertiary/aromatic N) is 2. The lowest BCUT2D eigenvalue weighted by atomic mass is 9.75. The number of nitrogens with two attached hydrogens (primary N) is 1. The first kappa shape index (κ1) is 14.3. The molecule has 0 spiro atoms. The van der Waals surface area contributed by atoms with Crippen LogP contribution in [0.5, 0.6) is 0 Å². The van der Waals surface area contributed by atoms with Gasteiger partial charge in [-0.1, -0.05) is 19.8 Å². The third-order valence-corrected chi connectivity index (χ3v) is 3.67. The van der Waals surface area contributed by atoms with Crippen molar-refractivity contribution in [3.63, 3.8) is 0 Å². The first-order valence-electron chi connectivity index (χ1n) is 7.19. The number of carbonyl (C=O) groups is 1. The van der Waals surface area contributed by atoms with Crippen LogP contribution in [0.2, 0.25) is 0 Å². The number of ketones is 1. The van der Waals surface area contributed by atoms with Crippen molar-refractivity contribution in [2.75, 3.05) is 5.73 Å². The van der Waals surface area contributed by atoms with Crippen LogP contribution < -0.4 is 5.73 Å². The predicted molar refractivity (Wildman–Crippen MR) is 85.3 cm³/mol. The van der Waals surface area contributed by atoms with Crippen LogP contribution in [0.25, 0.3) is 0 Å². The fourth-order valence-corrected chi connectivity index (χ4v) is 2.64. The van der Waals surface area contributed by atoms with Crippen LogP contribution in [-0.2, 0) is 6.42 Å². The van der Waals surface area contributed by atoms with Gasteiger partial charge in [0.2, 0.25) is 0 Å². The molecule has 1 aliphatic rings. The van der Waals surface area contributed by atoms with E-state index in [0.717, 1.165) is 17.7 Å². The lowest BCUT2D eigenvalue weighted by molar-refractivity contribution is 0.0910. The van der Waals surface area contributed by atoms with E-state index in [1.807, 2.05) is 6.07 Å². The maximum absolute atomic E-state index is 12.3. The Morgan fingerprint density at radius 1 is 1.18 bits per heavy atom. The van der Waals surface area contributed by atoms with Crippen molar-refractivity contribution in [2.45, 2.75) is 26.7 Å². The lowest BCUT2D eigenvalue weighted by Crippen LogP contribution is -2.27. The third kappa shape index (κ3) is 2.99. The second-order valence-corrected chi connectivity index (χ2v) is 6.38. The quantitative estimate of drug-likeness (QED) is 0.758. The summed E-state index contributed by atoms with van der Waals surface area (Å²) in [5, 5.41) is 0. The van der Waals surface area contributed by atoms with Gasteiger partial charge in [0, 0.05) is 35.6 Å². The molecule has 1 aliphatic carbocycles. The van der Waals surface area contributed by atoms with Crippen molar-refractivity contribution < 1.29 is 4.79 Å². The van der Waals surface area contributed by atoms with Crippen LogP contribution in [0.15, 0.2) is 30.6 Å². The Morgan fingerprint density at radius 3 is 2.77 bits per heavy atom. The number of anilines is 1. The number of hydrogen-bond donors (Lipinski definition) is 1. The maximum atomic E-state index is 12.3. The van der Waals surface area contributed by atoms with Gasteiger partial charge in [0.15, 0.2) is 5.78 Å². The van der Waals surface area contributed by atoms with Gasteiger partial charge in [0.1, 0.15) is 5.69 Å². The summed E-state index contributed by atoms with van der Waals surface area (Å²) in [4.78, 5) is 20.8. The van der Waals surface area contributed by atoms with Gasteiger partial charge >= 0.3 is 0 Å². The smallest absolute Gasteiger partial charge is 0.165 e. The first-order chi connectivity index (χ1) is 10.4. The summed E-state index contributed by atoms with van der Waals surface area (Å²) in [7, 11) is 0. The number of hydrogen-bond acceptors (Lipinski definition) is 4. The van der Waals surface area contributed by atoms with Gasteiger partial charge in [-0.2, -0.15) is 0 Å². The van der Waals surface area contributed by atoms with Gasteiger partial charge in [-0.05, 0) is 36.0 Å². The van der Waals surface area contributed by atoms with Crippen molar-refractivity contribution in [3.8, 4) is 11.8 Å². The highest BCUT2D eigenvalue weighted by molar-refractivity contribution is 5.98. The van der Waals surface area contributed by atoms with E-state index in [1.165, 1.54) is 0 Å². The third-order valence-electron chi connectivity index (χ3n) is 3.67. The van der Waals surface area contributed by atoms with Crippen molar-refractivity contribution in [1.29, 1.82) is 0 Å². The van der Waals surface area contributed by atoms with Gasteiger partial charge in [0.05, 0.1) is 5.69 Å². The zero-order chi connectivity index (χ0) is 15.7. The van der Waals surface area contributed by atoms with Gasteiger partial charge in [-0.3, -0.25) is 9.78 Å². The van der Waals surface area contributed by atoms with Crippen LogP contribution in [0.1, 0.15) is 47.6 Å². The normalized spacial score (nSPS) is 15.6. The van der Waals surface area contributed by atoms with E-state index in [0.29, 0.717) is 23.4 Å². The molecule has 2 aromatic heterocycles. The highest BCUT2D eigenvalue weighted by Crippen LogP contribution is 2.33. The Balaban J connectivity index is 1.92. The number of fused-ring (bicyclic) bond motifs is 1. The average Bonchev–Trinajstić information content (AvgIpc) is 2.44. The Labute approximate surface area is 129 Å². The largest absolute Gasteiger partial charge is 0.399 e. The molecule has 2 N–H and O–H groups in total. The maximum Gasteiger partial charge on any atom is 0.165 e. The Bertz CT molecular complexity index is 813. The topological polar surface area (TPSA) is 68.9 Å². The summed E-state index contributed by atoms with van der Waals surface area (Å²) in [6.07, 6.45) is 4.71. The zero-order valence-electron chi connectivity index (χ0n) is 12.7. The molecule has 4 heteroatoms. The first-order valence-corrected chi connectivity index (χ1v) is 7.19. The van der Waals surface area contributed by atoms with E-state index >= 15 is 0 Å². The molecule has 0 aliphatic heterocycles. The highest BCUT2D eigenvalue weighted by atomic mass is 16.1. The molecule has 4 nitrogen and oxygen atoms in total. The van der Waals surface area contributed by atoms with Gasteiger partial charge in [-0.25, -0.2) is 4.98 Å². The fraction of sp³-hybridized carbons (Fsp3) is 0.278. The number of carbonyl (C=O) groups excluding carboxylic acids is 1. The fourth-order valence-electron chi connectivity index (χ4n) is 2.64. The van der Waals surface area contributed by atoms with Crippen LogP contribution >= 0.6 is 0 Å². The monoisotopic (exact) mass is 291 g/mol. The predicted octanol–water partition coefficient (Wildman–Crippen LogP) is 2.61. The Hall–Kier alpha value is -2.67. The van der Waals surface area contributed by atoms with Crippen LogP contribution in [-0.4, -0.2) is 15.8 Å². The molecule has 0 unspecified atom stereocenters. The van der Waals surface area contributed by atoms with Gasteiger partial charge in [-0.15, -0.1) is 0 Å². The van der Waals surface area contributed by atoms with Crippen LogP contribution in [0.3, 0.4) is 0 Å². The molecule has 0 aromatic carbocycles. The Morgan fingerprint density at radius 2 is 2.00 bits per heavy atom. The molecule has 0 fully saturated rings. The van der Waals surface area contributed by atoms with E-state index in [9.17, 15) is 4.79 Å². The molecule has 0 amide bonds. The minimum atomic E-state index is -0.0181. The molecule has 22 heavy (non-hydrogen) atoms. The van der Waals surface area contributed by atoms with Crippen molar-refractivity contribution in [1.82, 2.24) is 9.97 Å². The van der Waals surface area contributed by atoms with Crippen molar-refractivity contribution in [2.24, 2.45) is 5.41 Å². The van der Waals surface area contributed by atoms with E-state index in [2.05, 4.69) is 35.7 Å². The number of pyridine rings is 2. The highest BCUT2D eigenvalue weighted by Gasteiger charge is 2.31. The Kier molecular flexibility index (Phi) is 3.42. The second-order valence-electron chi connectivity index (χ2n) is 6.38. The SMILES string of the molecule is CC1(C)CC(=O)c2cc(C#Cc3cc(N)ccn3)cnc2C1. The van der Waals surface area contributed by atoms with Crippen molar-refractivity contribution >= 4 is 11.5 Å². The lowest BCUT2D eigenvalue weighted by Gasteiger charge is -2.29. The van der Waals surface area contributed by atoms with Gasteiger partial charge in [0.25, 0.3) is 0 Å². The number of Topliss-reactive ketones (excluding diaryl/α,β-unsaturated/α-hetero) is 1. The van der Waals surface area contributed by atoms with Crippen LogP contribution in [0, 0.1) is 17.3 Å². The molecular weight excluding hydrogens is 274 g/mol. The number of aromatic nitrogens is 2. The average molecular weight is 291 g/mol. The molecule has 2 aromatic rings. The number of rotatable bonds is 0. The minimum Gasteiger partial charge on any atom is -0.399 e. The molecule has 0 bridgehead atoms. The van der Waals surface area contributed by atoms with E-state index in [1.54, 1.807) is 24.5 Å². The molecule has 0 saturated heterocycles. The summed E-state index contributed by atoms with van der Waals surface area (Å²) >= 11 is 0. The summed E-state index contributed by atoms with van der Waals surface area (Å²) in [6, 6.07) is 5.26. The number of nitrogen functional groups attached to an aromatic ring is 1.